The van der Waals surface area contributed by atoms with E-state index in [1.165, 1.54) is 224 Å². The standard InChI is InChI=1S/C40H83NSi/c1-5-7-9-11-13-15-17-19-21-23-25-27-29-31-33-35-37-41(42-39-40(3)4)38-36-34-32-30-28-26-24-22-20-18-16-14-12-10-8-6-2/h39H,5-38,42H2,1-4H3. The molecule has 0 spiro atoms. The maximum Gasteiger partial charge on any atom is 0.119 e. The fraction of sp³-hybridized carbons (Fsp3) is 0.950. The van der Waals surface area contributed by atoms with Gasteiger partial charge in [-0.2, -0.15) is 0 Å². The van der Waals surface area contributed by atoms with E-state index >= 15 is 0 Å². The molecule has 0 saturated heterocycles. The fourth-order valence-corrected chi connectivity index (χ4v) is 7.81. The van der Waals surface area contributed by atoms with Crippen LogP contribution >= 0.6 is 0 Å². The maximum absolute atomic E-state index is 2.88. The summed E-state index contributed by atoms with van der Waals surface area (Å²) in [6.45, 7) is 11.9. The van der Waals surface area contributed by atoms with Crippen molar-refractivity contribution < 1.29 is 0 Å². The van der Waals surface area contributed by atoms with Crippen LogP contribution in [-0.4, -0.2) is 27.3 Å². The summed E-state index contributed by atoms with van der Waals surface area (Å²) in [5.74, 6) is 0. The maximum atomic E-state index is 2.88. The molecule has 0 rings (SSSR count). The molecule has 0 aromatic carbocycles. The molecule has 1 nitrogen and oxygen atoms in total. The second-order valence-corrected chi connectivity index (χ2v) is 15.9. The Morgan fingerprint density at radius 3 is 0.786 bits per heavy atom. The highest BCUT2D eigenvalue weighted by atomic mass is 28.2. The lowest BCUT2D eigenvalue weighted by Gasteiger charge is -2.21. The van der Waals surface area contributed by atoms with Gasteiger partial charge in [0.05, 0.1) is 0 Å². The topological polar surface area (TPSA) is 3.24 Å². The Labute approximate surface area is 271 Å². The minimum atomic E-state index is -0.183. The third kappa shape index (κ3) is 36.1. The number of nitrogens with zero attached hydrogens (tertiary/aromatic N) is 1. The number of unbranched alkanes of at least 4 members (excludes halogenated alkanes) is 30. The summed E-state index contributed by atoms with van der Waals surface area (Å²) in [5, 5.41) is 0. The number of hydrogen-bond acceptors (Lipinski definition) is 1. The highest BCUT2D eigenvalue weighted by Crippen LogP contribution is 2.15. The molecule has 0 fully saturated rings. The Balaban J connectivity index is 3.56. The molecule has 0 unspecified atom stereocenters. The first-order valence-electron chi connectivity index (χ1n) is 20.1. The highest BCUT2D eigenvalue weighted by molar-refractivity contribution is 6.38. The van der Waals surface area contributed by atoms with Gasteiger partial charge in [0.25, 0.3) is 0 Å². The molecule has 0 saturated carbocycles. The van der Waals surface area contributed by atoms with Crippen LogP contribution in [0.1, 0.15) is 233 Å². The van der Waals surface area contributed by atoms with E-state index in [-0.39, 0.29) is 9.68 Å². The number of allylic oxidation sites excluding steroid dienone is 1. The van der Waals surface area contributed by atoms with Gasteiger partial charge < -0.3 is 4.57 Å². The Morgan fingerprint density at radius 1 is 0.357 bits per heavy atom. The van der Waals surface area contributed by atoms with E-state index in [1.54, 1.807) is 0 Å². The zero-order valence-electron chi connectivity index (χ0n) is 30.3. The lowest BCUT2D eigenvalue weighted by atomic mass is 10.0. The molecule has 0 aliphatic carbocycles. The molecule has 42 heavy (non-hydrogen) atoms. The first-order chi connectivity index (χ1) is 20.7. The van der Waals surface area contributed by atoms with Crippen LogP contribution in [0.25, 0.3) is 0 Å². The molecule has 0 N–H and O–H groups in total. The van der Waals surface area contributed by atoms with Crippen LogP contribution in [0, 0.1) is 0 Å². The number of rotatable bonds is 36. The van der Waals surface area contributed by atoms with Gasteiger partial charge in [-0.25, -0.2) is 0 Å². The summed E-state index contributed by atoms with van der Waals surface area (Å²) in [4.78, 5) is 0. The monoisotopic (exact) mass is 606 g/mol. The predicted octanol–water partition coefficient (Wildman–Crippen LogP) is 13.8. The Morgan fingerprint density at radius 2 is 0.571 bits per heavy atom. The minimum absolute atomic E-state index is 0.183. The fourth-order valence-electron chi connectivity index (χ4n) is 6.37. The van der Waals surface area contributed by atoms with Crippen molar-refractivity contribution in [1.29, 1.82) is 0 Å². The lowest BCUT2D eigenvalue weighted by Crippen LogP contribution is -2.29. The van der Waals surface area contributed by atoms with Gasteiger partial charge in [0.1, 0.15) is 9.68 Å². The summed E-state index contributed by atoms with van der Waals surface area (Å²) in [6, 6.07) is 0. The summed E-state index contributed by atoms with van der Waals surface area (Å²) < 4.78 is 2.88. The number of hydrogen-bond donors (Lipinski definition) is 0. The molecule has 252 valence electrons. The predicted molar refractivity (Wildman–Crippen MR) is 199 cm³/mol. The van der Waals surface area contributed by atoms with Crippen LogP contribution in [0.5, 0.6) is 0 Å². The summed E-state index contributed by atoms with van der Waals surface area (Å²) in [6.07, 6.45) is 46.9. The average Bonchev–Trinajstić information content (AvgIpc) is 2.98. The second kappa shape index (κ2) is 37.1. The molecule has 0 aromatic heterocycles. The minimum Gasteiger partial charge on any atom is -0.325 e. The molecule has 0 aliphatic heterocycles. The largest absolute Gasteiger partial charge is 0.325 e. The van der Waals surface area contributed by atoms with Crippen LogP contribution in [0.2, 0.25) is 0 Å². The summed E-state index contributed by atoms with van der Waals surface area (Å²) in [7, 11) is -0.183. The van der Waals surface area contributed by atoms with Crippen LogP contribution in [-0.2, 0) is 0 Å². The Hall–Kier alpha value is -0.0831. The SMILES string of the molecule is CCCCCCCCCCCCCCCCCCN(CCCCCCCCCCCCCCCCCC)[SiH2]C=C(C)C. The molecule has 0 radical (unpaired) electrons. The van der Waals surface area contributed by atoms with Crippen LogP contribution in [0.15, 0.2) is 11.3 Å². The Kier molecular flexibility index (Phi) is 37.0. The van der Waals surface area contributed by atoms with Crippen molar-refractivity contribution in [1.82, 2.24) is 4.57 Å². The molecule has 0 atom stereocenters. The van der Waals surface area contributed by atoms with E-state index < -0.39 is 0 Å². The van der Waals surface area contributed by atoms with Gasteiger partial charge in [-0.3, -0.25) is 0 Å². The Bertz CT molecular complexity index is 476. The van der Waals surface area contributed by atoms with E-state index in [9.17, 15) is 0 Å². The molecule has 0 aromatic rings. The van der Waals surface area contributed by atoms with E-state index in [1.807, 2.05) is 0 Å². The molecule has 0 heterocycles. The van der Waals surface area contributed by atoms with Crippen molar-refractivity contribution in [3.05, 3.63) is 11.3 Å². The smallest absolute Gasteiger partial charge is 0.119 e. The van der Waals surface area contributed by atoms with Crippen molar-refractivity contribution in [2.24, 2.45) is 0 Å². The van der Waals surface area contributed by atoms with Gasteiger partial charge in [-0.15, -0.1) is 0 Å². The van der Waals surface area contributed by atoms with E-state index in [2.05, 4.69) is 38.0 Å². The van der Waals surface area contributed by atoms with Crippen molar-refractivity contribution in [3.63, 3.8) is 0 Å². The van der Waals surface area contributed by atoms with Crippen LogP contribution in [0.4, 0.5) is 0 Å². The van der Waals surface area contributed by atoms with Crippen LogP contribution < -0.4 is 0 Å². The third-order valence-electron chi connectivity index (χ3n) is 9.41. The quantitative estimate of drug-likeness (QED) is 0.0507. The normalized spacial score (nSPS) is 11.8. The first kappa shape index (κ1) is 41.9. The van der Waals surface area contributed by atoms with Crippen molar-refractivity contribution in [3.8, 4) is 0 Å². The second-order valence-electron chi connectivity index (χ2n) is 14.2. The molecule has 2 heteroatoms. The third-order valence-corrected chi connectivity index (χ3v) is 11.6. The van der Waals surface area contributed by atoms with Gasteiger partial charge in [0.15, 0.2) is 0 Å². The van der Waals surface area contributed by atoms with E-state index in [0.717, 1.165) is 0 Å². The molecule has 0 aliphatic rings. The van der Waals surface area contributed by atoms with Crippen molar-refractivity contribution in [2.45, 2.75) is 233 Å². The zero-order chi connectivity index (χ0) is 30.6. The van der Waals surface area contributed by atoms with Crippen LogP contribution in [0.3, 0.4) is 0 Å². The zero-order valence-corrected chi connectivity index (χ0v) is 31.7. The highest BCUT2D eigenvalue weighted by Gasteiger charge is 2.04. The van der Waals surface area contributed by atoms with Gasteiger partial charge in [0.2, 0.25) is 0 Å². The average molecular weight is 606 g/mol. The summed E-state index contributed by atoms with van der Waals surface area (Å²) >= 11 is 0. The first-order valence-corrected chi connectivity index (χ1v) is 21.5. The van der Waals surface area contributed by atoms with E-state index in [0.29, 0.717) is 0 Å². The molecule has 0 amide bonds. The molecular formula is C40H83NSi. The van der Waals surface area contributed by atoms with Crippen molar-refractivity contribution >= 4 is 9.68 Å². The lowest BCUT2D eigenvalue weighted by molar-refractivity contribution is 0.405. The van der Waals surface area contributed by atoms with Gasteiger partial charge in [-0.1, -0.05) is 218 Å². The van der Waals surface area contributed by atoms with Crippen molar-refractivity contribution in [2.75, 3.05) is 13.1 Å². The molecule has 0 bridgehead atoms. The van der Waals surface area contributed by atoms with Gasteiger partial charge >= 0.3 is 0 Å². The van der Waals surface area contributed by atoms with E-state index in [4.69, 9.17) is 0 Å². The molecular weight excluding hydrogens is 523 g/mol. The summed E-state index contributed by atoms with van der Waals surface area (Å²) in [5.41, 5.74) is 4.12. The van der Waals surface area contributed by atoms with Gasteiger partial charge in [-0.05, 0) is 39.8 Å². The van der Waals surface area contributed by atoms with Gasteiger partial charge in [0, 0.05) is 0 Å².